The molecule has 1 aromatic heterocycles. The molecule has 1 heterocycles. The van der Waals surface area contributed by atoms with E-state index in [-0.39, 0.29) is 5.91 Å². The van der Waals surface area contributed by atoms with Crippen LogP contribution in [-0.4, -0.2) is 22.7 Å². The molecule has 1 aromatic carbocycles. The smallest absolute Gasteiger partial charge is 0.264 e. The molecular formula is C16H18BrNOS. The molecule has 106 valence electrons. The number of alkyl halides is 1. The monoisotopic (exact) mass is 351 g/mol. The zero-order chi connectivity index (χ0) is 14.4. The van der Waals surface area contributed by atoms with Gasteiger partial charge in [-0.1, -0.05) is 53.2 Å². The van der Waals surface area contributed by atoms with E-state index in [9.17, 15) is 4.79 Å². The van der Waals surface area contributed by atoms with E-state index in [0.29, 0.717) is 6.54 Å². The molecule has 0 saturated heterocycles. The second-order valence-electron chi connectivity index (χ2n) is 4.53. The summed E-state index contributed by atoms with van der Waals surface area (Å²) in [7, 11) is 0. The summed E-state index contributed by atoms with van der Waals surface area (Å²) in [5, 5.41) is 2.79. The van der Waals surface area contributed by atoms with Crippen LogP contribution in [0, 0.1) is 0 Å². The number of hydrogen-bond donors (Lipinski definition) is 0. The molecule has 0 bridgehead atoms. The van der Waals surface area contributed by atoms with Gasteiger partial charge >= 0.3 is 0 Å². The molecular weight excluding hydrogens is 334 g/mol. The molecule has 2 aromatic rings. The molecule has 0 spiro atoms. The van der Waals surface area contributed by atoms with Crippen LogP contribution in [-0.2, 0) is 13.0 Å². The highest BCUT2D eigenvalue weighted by molar-refractivity contribution is 9.09. The Balaban J connectivity index is 2.18. The molecule has 0 aliphatic rings. The second kappa shape index (κ2) is 7.60. The standard InChI is InChI=1S/C16H18BrNOS/c1-2-14-8-11-20-15(14)16(19)18(10-9-17)12-13-6-4-3-5-7-13/h3-8,11H,2,9-10,12H2,1H3. The number of nitrogens with zero attached hydrogens (tertiary/aromatic N) is 1. The van der Waals surface area contributed by atoms with Crippen LogP contribution < -0.4 is 0 Å². The molecule has 1 amide bonds. The molecule has 20 heavy (non-hydrogen) atoms. The van der Waals surface area contributed by atoms with Crippen molar-refractivity contribution in [2.45, 2.75) is 19.9 Å². The van der Waals surface area contributed by atoms with Gasteiger partial charge in [-0.15, -0.1) is 11.3 Å². The van der Waals surface area contributed by atoms with Gasteiger partial charge in [0.25, 0.3) is 5.91 Å². The van der Waals surface area contributed by atoms with Crippen molar-refractivity contribution in [3.63, 3.8) is 0 Å². The first kappa shape index (κ1) is 15.3. The highest BCUT2D eigenvalue weighted by atomic mass is 79.9. The Bertz CT molecular complexity index is 553. The van der Waals surface area contributed by atoms with Crippen LogP contribution >= 0.6 is 27.3 Å². The molecule has 0 radical (unpaired) electrons. The first-order valence-electron chi connectivity index (χ1n) is 6.71. The molecule has 0 aliphatic carbocycles. The quantitative estimate of drug-likeness (QED) is 0.708. The normalized spacial score (nSPS) is 10.5. The van der Waals surface area contributed by atoms with E-state index in [0.717, 1.165) is 34.3 Å². The molecule has 0 fully saturated rings. The van der Waals surface area contributed by atoms with Crippen molar-refractivity contribution in [3.05, 3.63) is 57.8 Å². The van der Waals surface area contributed by atoms with Crippen LogP contribution in [0.3, 0.4) is 0 Å². The molecule has 0 N–H and O–H groups in total. The average molecular weight is 352 g/mol. The molecule has 0 saturated carbocycles. The zero-order valence-electron chi connectivity index (χ0n) is 11.5. The van der Waals surface area contributed by atoms with Gasteiger partial charge in [-0.3, -0.25) is 4.79 Å². The number of carbonyl (C=O) groups is 1. The van der Waals surface area contributed by atoms with Gasteiger partial charge in [0, 0.05) is 18.4 Å². The van der Waals surface area contributed by atoms with Gasteiger partial charge in [-0.05, 0) is 29.0 Å². The Morgan fingerprint density at radius 2 is 2.00 bits per heavy atom. The summed E-state index contributed by atoms with van der Waals surface area (Å²) < 4.78 is 0. The van der Waals surface area contributed by atoms with Crippen molar-refractivity contribution < 1.29 is 4.79 Å². The topological polar surface area (TPSA) is 20.3 Å². The highest BCUT2D eigenvalue weighted by Gasteiger charge is 2.19. The first-order chi connectivity index (χ1) is 9.76. The van der Waals surface area contributed by atoms with E-state index in [1.165, 1.54) is 0 Å². The lowest BCUT2D eigenvalue weighted by molar-refractivity contribution is 0.0758. The summed E-state index contributed by atoms with van der Waals surface area (Å²) in [4.78, 5) is 15.5. The molecule has 4 heteroatoms. The third-order valence-corrected chi connectivity index (χ3v) is 4.48. The predicted molar refractivity (Wildman–Crippen MR) is 88.7 cm³/mol. The fourth-order valence-corrected chi connectivity index (χ4v) is 3.49. The molecule has 0 atom stereocenters. The summed E-state index contributed by atoms with van der Waals surface area (Å²) in [6, 6.07) is 12.2. The van der Waals surface area contributed by atoms with Crippen molar-refractivity contribution in [2.24, 2.45) is 0 Å². The molecule has 0 aliphatic heterocycles. The maximum absolute atomic E-state index is 12.7. The Hall–Kier alpha value is -1.13. The van der Waals surface area contributed by atoms with Crippen LogP contribution in [0.5, 0.6) is 0 Å². The average Bonchev–Trinajstić information content (AvgIpc) is 2.95. The maximum atomic E-state index is 12.7. The largest absolute Gasteiger partial charge is 0.333 e. The number of hydrogen-bond acceptors (Lipinski definition) is 2. The minimum atomic E-state index is 0.139. The van der Waals surface area contributed by atoms with Crippen molar-refractivity contribution >= 4 is 33.2 Å². The zero-order valence-corrected chi connectivity index (χ0v) is 13.9. The van der Waals surface area contributed by atoms with Crippen molar-refractivity contribution in [1.29, 1.82) is 0 Å². The third kappa shape index (κ3) is 3.70. The number of benzene rings is 1. The fraction of sp³-hybridized carbons (Fsp3) is 0.312. The van der Waals surface area contributed by atoms with Gasteiger partial charge in [-0.2, -0.15) is 0 Å². The highest BCUT2D eigenvalue weighted by Crippen LogP contribution is 2.20. The Labute approximate surface area is 132 Å². The van der Waals surface area contributed by atoms with Gasteiger partial charge in [0.15, 0.2) is 0 Å². The van der Waals surface area contributed by atoms with Crippen LogP contribution in [0.4, 0.5) is 0 Å². The Morgan fingerprint density at radius 3 is 2.65 bits per heavy atom. The van der Waals surface area contributed by atoms with Gasteiger partial charge in [0.05, 0.1) is 4.88 Å². The molecule has 2 nitrogen and oxygen atoms in total. The van der Waals surface area contributed by atoms with Crippen molar-refractivity contribution in [1.82, 2.24) is 4.90 Å². The van der Waals surface area contributed by atoms with E-state index in [1.54, 1.807) is 11.3 Å². The summed E-state index contributed by atoms with van der Waals surface area (Å²) in [6.45, 7) is 3.46. The van der Waals surface area contributed by atoms with Gasteiger partial charge < -0.3 is 4.90 Å². The van der Waals surface area contributed by atoms with Crippen LogP contribution in [0.1, 0.15) is 27.7 Å². The summed E-state index contributed by atoms with van der Waals surface area (Å²) in [5.41, 5.74) is 2.31. The Kier molecular flexibility index (Phi) is 5.80. The fourth-order valence-electron chi connectivity index (χ4n) is 2.10. The van der Waals surface area contributed by atoms with Crippen molar-refractivity contribution in [3.8, 4) is 0 Å². The number of thiophene rings is 1. The number of halogens is 1. The van der Waals surface area contributed by atoms with E-state index >= 15 is 0 Å². The number of carbonyl (C=O) groups excluding carboxylic acids is 1. The third-order valence-electron chi connectivity index (χ3n) is 3.18. The van der Waals surface area contributed by atoms with E-state index in [1.807, 2.05) is 34.5 Å². The number of rotatable bonds is 6. The van der Waals surface area contributed by atoms with Crippen LogP contribution in [0.2, 0.25) is 0 Å². The lowest BCUT2D eigenvalue weighted by Crippen LogP contribution is -2.32. The molecule has 2 rings (SSSR count). The van der Waals surface area contributed by atoms with Crippen LogP contribution in [0.15, 0.2) is 41.8 Å². The first-order valence-corrected chi connectivity index (χ1v) is 8.72. The van der Waals surface area contributed by atoms with Gasteiger partial charge in [0.1, 0.15) is 0 Å². The van der Waals surface area contributed by atoms with Crippen LogP contribution in [0.25, 0.3) is 0 Å². The lowest BCUT2D eigenvalue weighted by atomic mass is 10.1. The number of amides is 1. The minimum Gasteiger partial charge on any atom is -0.333 e. The predicted octanol–water partition coefficient (Wildman–Crippen LogP) is 4.35. The minimum absolute atomic E-state index is 0.139. The van der Waals surface area contributed by atoms with E-state index < -0.39 is 0 Å². The summed E-state index contributed by atoms with van der Waals surface area (Å²) >= 11 is 4.98. The number of aryl methyl sites for hydroxylation is 1. The van der Waals surface area contributed by atoms with E-state index in [2.05, 4.69) is 35.0 Å². The maximum Gasteiger partial charge on any atom is 0.264 e. The Morgan fingerprint density at radius 1 is 1.25 bits per heavy atom. The molecule has 0 unspecified atom stereocenters. The summed E-state index contributed by atoms with van der Waals surface area (Å²) in [6.07, 6.45) is 0.901. The van der Waals surface area contributed by atoms with Gasteiger partial charge in [-0.25, -0.2) is 0 Å². The van der Waals surface area contributed by atoms with E-state index in [4.69, 9.17) is 0 Å². The van der Waals surface area contributed by atoms with Crippen molar-refractivity contribution in [2.75, 3.05) is 11.9 Å². The second-order valence-corrected chi connectivity index (χ2v) is 6.24. The SMILES string of the molecule is CCc1ccsc1C(=O)N(CCBr)Cc1ccccc1. The summed E-state index contributed by atoms with van der Waals surface area (Å²) in [5.74, 6) is 0.139. The van der Waals surface area contributed by atoms with Gasteiger partial charge in [0.2, 0.25) is 0 Å². The lowest BCUT2D eigenvalue weighted by Gasteiger charge is -2.22.